The van der Waals surface area contributed by atoms with Gasteiger partial charge in [0.05, 0.1) is 0 Å². The number of rotatable bonds is 3. The summed E-state index contributed by atoms with van der Waals surface area (Å²) < 4.78 is 0. The predicted octanol–water partition coefficient (Wildman–Crippen LogP) is 2.55. The van der Waals surface area contributed by atoms with Crippen molar-refractivity contribution >= 4 is 66.7 Å². The van der Waals surface area contributed by atoms with Gasteiger partial charge in [0, 0.05) is 0 Å². The molecule has 4 heteroatoms. The molecular formula is C24H30BP3. The van der Waals surface area contributed by atoms with Gasteiger partial charge >= 0.3 is 0 Å². The molecule has 3 rings (SSSR count). The molecule has 0 amide bonds. The number of hydrogen-bond donors (Lipinski definition) is 0. The molecule has 0 saturated carbocycles. The van der Waals surface area contributed by atoms with Gasteiger partial charge in [-0.25, -0.2) is 0 Å². The van der Waals surface area contributed by atoms with Crippen molar-refractivity contribution in [1.29, 1.82) is 0 Å². The predicted molar refractivity (Wildman–Crippen MR) is 140 cm³/mol. The van der Waals surface area contributed by atoms with Crippen LogP contribution in [0.5, 0.6) is 0 Å². The van der Waals surface area contributed by atoms with Crippen LogP contribution in [0.3, 0.4) is 0 Å². The molecule has 0 bridgehead atoms. The highest BCUT2D eigenvalue weighted by Crippen LogP contribution is 2.12. The average molecular weight is 422 g/mol. The van der Waals surface area contributed by atoms with Crippen molar-refractivity contribution in [2.75, 3.05) is 0 Å². The highest BCUT2D eigenvalue weighted by atomic mass is 31.0. The van der Waals surface area contributed by atoms with Crippen LogP contribution in [0.25, 0.3) is 0 Å². The Kier molecular flexibility index (Phi) is 6.52. The van der Waals surface area contributed by atoms with Gasteiger partial charge in [-0.1, -0.05) is 86.2 Å². The van der Waals surface area contributed by atoms with Crippen LogP contribution in [0.2, 0.25) is 0 Å². The van der Waals surface area contributed by atoms with Crippen LogP contribution in [-0.4, -0.2) is 6.71 Å². The van der Waals surface area contributed by atoms with Gasteiger partial charge in [-0.15, -0.1) is 27.7 Å². The van der Waals surface area contributed by atoms with E-state index in [0.29, 0.717) is 0 Å². The summed E-state index contributed by atoms with van der Waals surface area (Å²) in [5, 5.41) is 3.75. The molecule has 0 aliphatic carbocycles. The fourth-order valence-electron chi connectivity index (χ4n) is 4.82. The molecule has 0 fully saturated rings. The third-order valence-corrected chi connectivity index (χ3v) is 6.71. The zero-order chi connectivity index (χ0) is 20.7. The van der Waals surface area contributed by atoms with Crippen molar-refractivity contribution in [3.8, 4) is 0 Å². The van der Waals surface area contributed by atoms with E-state index in [0.717, 1.165) is 0 Å². The molecule has 0 aromatic heterocycles. The lowest BCUT2D eigenvalue weighted by atomic mass is 9.33. The first-order chi connectivity index (χ1) is 13.1. The fourth-order valence-corrected chi connectivity index (χ4v) is 6.32. The second-order valence-corrected chi connectivity index (χ2v) is 10.1. The smallest absolute Gasteiger partial charge is 0.106 e. The molecule has 0 spiro atoms. The lowest BCUT2D eigenvalue weighted by molar-refractivity contribution is 1.41. The summed E-state index contributed by atoms with van der Waals surface area (Å²) in [5.74, 6) is 0. The van der Waals surface area contributed by atoms with Crippen LogP contribution in [0.4, 0.5) is 0 Å². The molecule has 0 saturated heterocycles. The normalized spacial score (nSPS) is 11.0. The summed E-state index contributed by atoms with van der Waals surface area (Å²) in [4.78, 5) is 0. The maximum Gasteiger partial charge on any atom is 0.243 e. The van der Waals surface area contributed by atoms with Crippen LogP contribution in [0.1, 0.15) is 33.4 Å². The first kappa shape index (κ1) is 21.7. The second-order valence-electron chi connectivity index (χ2n) is 8.14. The first-order valence-corrected chi connectivity index (χ1v) is 11.4. The van der Waals surface area contributed by atoms with Crippen molar-refractivity contribution in [3.63, 3.8) is 0 Å². The van der Waals surface area contributed by atoms with E-state index in [1.807, 2.05) is 0 Å². The SMILES string of the molecule is Cc1cc(P)cc(C)c1B(c1c(C)cc(P)cc1C)c1c(C)cc(P)cc1C. The number of hydrogen-bond acceptors (Lipinski definition) is 0. The van der Waals surface area contributed by atoms with Gasteiger partial charge in [-0.3, -0.25) is 0 Å². The Morgan fingerprint density at radius 3 is 0.786 bits per heavy atom. The third kappa shape index (κ3) is 4.14. The maximum absolute atomic E-state index is 2.85. The fraction of sp³-hybridized carbons (Fsp3) is 0.250. The monoisotopic (exact) mass is 422 g/mol. The Morgan fingerprint density at radius 1 is 0.429 bits per heavy atom. The average Bonchev–Trinajstić information content (AvgIpc) is 2.51. The lowest BCUT2D eigenvalue weighted by Crippen LogP contribution is -2.58. The molecule has 0 radical (unpaired) electrons. The van der Waals surface area contributed by atoms with E-state index in [4.69, 9.17) is 0 Å². The zero-order valence-corrected chi connectivity index (χ0v) is 21.2. The quantitative estimate of drug-likeness (QED) is 0.450. The molecule has 0 aliphatic heterocycles. The van der Waals surface area contributed by atoms with E-state index in [-0.39, 0.29) is 6.71 Å². The van der Waals surface area contributed by atoms with Gasteiger partial charge < -0.3 is 0 Å². The van der Waals surface area contributed by atoms with Gasteiger partial charge in [0.25, 0.3) is 0 Å². The maximum atomic E-state index is 2.85. The summed E-state index contributed by atoms with van der Waals surface area (Å²) >= 11 is 0. The van der Waals surface area contributed by atoms with Gasteiger partial charge in [0.1, 0.15) is 0 Å². The van der Waals surface area contributed by atoms with E-state index in [1.165, 1.54) is 65.7 Å². The Labute approximate surface area is 178 Å². The van der Waals surface area contributed by atoms with Gasteiger partial charge in [0.2, 0.25) is 6.71 Å². The molecule has 3 atom stereocenters. The van der Waals surface area contributed by atoms with E-state index in [1.54, 1.807) is 0 Å². The first-order valence-electron chi connectivity index (χ1n) is 9.70. The van der Waals surface area contributed by atoms with Crippen LogP contribution < -0.4 is 32.3 Å². The second kappa shape index (κ2) is 8.40. The van der Waals surface area contributed by atoms with Crippen LogP contribution >= 0.6 is 27.7 Å². The molecule has 3 aromatic rings. The van der Waals surface area contributed by atoms with Crippen LogP contribution in [0, 0.1) is 41.5 Å². The topological polar surface area (TPSA) is 0 Å². The van der Waals surface area contributed by atoms with Gasteiger partial charge in [0.15, 0.2) is 0 Å². The number of benzene rings is 3. The minimum absolute atomic E-state index is 0.238. The molecule has 0 heterocycles. The lowest BCUT2D eigenvalue weighted by Gasteiger charge is -2.27. The number of aryl methyl sites for hydroxylation is 6. The molecular weight excluding hydrogens is 392 g/mol. The van der Waals surface area contributed by atoms with Crippen LogP contribution in [0.15, 0.2) is 36.4 Å². The highest BCUT2D eigenvalue weighted by Gasteiger charge is 2.30. The minimum atomic E-state index is 0.238. The van der Waals surface area contributed by atoms with E-state index in [2.05, 4.69) is 106 Å². The van der Waals surface area contributed by atoms with Crippen molar-refractivity contribution in [2.45, 2.75) is 41.5 Å². The zero-order valence-electron chi connectivity index (χ0n) is 17.8. The largest absolute Gasteiger partial charge is 0.243 e. The van der Waals surface area contributed by atoms with Gasteiger partial charge in [-0.2, -0.15) is 0 Å². The summed E-state index contributed by atoms with van der Waals surface area (Å²) in [7, 11) is 8.56. The summed E-state index contributed by atoms with van der Waals surface area (Å²) in [5.41, 5.74) is 12.5. The molecule has 3 unspecified atom stereocenters. The van der Waals surface area contributed by atoms with Gasteiger partial charge in [-0.05, 0) is 57.5 Å². The molecule has 0 nitrogen and oxygen atoms in total. The van der Waals surface area contributed by atoms with Crippen molar-refractivity contribution < 1.29 is 0 Å². The standard InChI is InChI=1S/C24H30BP3/c1-13-7-19(26)8-14(2)22(13)25(23-15(3)9-20(27)10-16(23)4)24-17(5)11-21(28)12-18(24)6/h7-12H,26-28H2,1-6H3. The third-order valence-electron chi connectivity index (χ3n) is 5.71. The Morgan fingerprint density at radius 2 is 0.607 bits per heavy atom. The van der Waals surface area contributed by atoms with Crippen molar-refractivity contribution in [3.05, 3.63) is 69.8 Å². The van der Waals surface area contributed by atoms with Crippen LogP contribution in [-0.2, 0) is 0 Å². The van der Waals surface area contributed by atoms with E-state index in [9.17, 15) is 0 Å². The Balaban J connectivity index is 2.45. The Bertz CT molecular complexity index is 864. The summed E-state index contributed by atoms with van der Waals surface area (Å²) in [6.07, 6.45) is 0. The van der Waals surface area contributed by atoms with Crippen molar-refractivity contribution in [2.24, 2.45) is 0 Å². The van der Waals surface area contributed by atoms with Crippen molar-refractivity contribution in [1.82, 2.24) is 0 Å². The molecule has 3 aromatic carbocycles. The van der Waals surface area contributed by atoms with E-state index >= 15 is 0 Å². The highest BCUT2D eigenvalue weighted by molar-refractivity contribution is 7.27. The summed E-state index contributed by atoms with van der Waals surface area (Å²) in [6.45, 7) is 13.8. The minimum Gasteiger partial charge on any atom is -0.106 e. The summed E-state index contributed by atoms with van der Waals surface area (Å²) in [6, 6.07) is 13.8. The van der Waals surface area contributed by atoms with E-state index < -0.39 is 0 Å². The Hall–Kier alpha value is -0.985. The molecule has 0 N–H and O–H groups in total. The molecule has 0 aliphatic rings. The molecule has 144 valence electrons. The molecule has 28 heavy (non-hydrogen) atoms.